The zero-order valence-corrected chi connectivity index (χ0v) is 23.2. The average Bonchev–Trinajstić information content (AvgIpc) is 3.52. The summed E-state index contributed by atoms with van der Waals surface area (Å²) in [6.07, 6.45) is 12.2. The number of anilines is 2. The quantitative estimate of drug-likeness (QED) is 0.398. The fourth-order valence-corrected chi connectivity index (χ4v) is 5.56. The maximum atomic E-state index is 11.7. The molecule has 2 aliphatic carbocycles. The van der Waals surface area contributed by atoms with Crippen LogP contribution in [0.5, 0.6) is 0 Å². The Balaban J connectivity index is 0.00000190. The van der Waals surface area contributed by atoms with Gasteiger partial charge in [0, 0.05) is 43.8 Å². The number of amides is 1. The number of hydroxylamine groups is 2. The summed E-state index contributed by atoms with van der Waals surface area (Å²) >= 11 is 0. The summed E-state index contributed by atoms with van der Waals surface area (Å²) < 4.78 is 2.25. The molecule has 0 aromatic carbocycles. The third kappa shape index (κ3) is 7.28. The van der Waals surface area contributed by atoms with Crippen molar-refractivity contribution in [2.24, 2.45) is 5.73 Å². The van der Waals surface area contributed by atoms with Gasteiger partial charge in [-0.15, -0.1) is 29.9 Å². The van der Waals surface area contributed by atoms with E-state index >= 15 is 0 Å². The minimum Gasteiger partial charge on any atom is -0.365 e. The summed E-state index contributed by atoms with van der Waals surface area (Å²) in [6.45, 7) is 3.78. The Hall–Kier alpha value is -2.08. The number of hydrogen-bond acceptors (Lipinski definition) is 9. The molecule has 3 fully saturated rings. The van der Waals surface area contributed by atoms with E-state index in [0.717, 1.165) is 55.5 Å². The van der Waals surface area contributed by atoms with Crippen LogP contribution in [0.4, 0.5) is 16.6 Å². The van der Waals surface area contributed by atoms with E-state index in [1.807, 2.05) is 13.3 Å². The Labute approximate surface area is 230 Å². The van der Waals surface area contributed by atoms with Crippen molar-refractivity contribution < 1.29 is 9.63 Å². The van der Waals surface area contributed by atoms with Crippen molar-refractivity contribution in [3.63, 3.8) is 0 Å². The molecule has 1 aliphatic heterocycles. The Kier molecular flexibility index (Phi) is 10.9. The number of piperidine rings is 1. The topological polar surface area (TPSA) is 135 Å². The number of imidazole rings is 1. The van der Waals surface area contributed by atoms with Crippen LogP contribution >= 0.6 is 24.8 Å². The second kappa shape index (κ2) is 13.6. The molecule has 0 bridgehead atoms. The van der Waals surface area contributed by atoms with Crippen molar-refractivity contribution in [1.29, 1.82) is 0 Å². The molecular weight excluding hydrogens is 517 g/mol. The van der Waals surface area contributed by atoms with Gasteiger partial charge >= 0.3 is 6.09 Å². The third-order valence-corrected chi connectivity index (χ3v) is 7.57. The highest BCUT2D eigenvalue weighted by Crippen LogP contribution is 2.33. The van der Waals surface area contributed by atoms with Crippen molar-refractivity contribution in [1.82, 2.24) is 29.9 Å². The van der Waals surface area contributed by atoms with Crippen molar-refractivity contribution in [2.45, 2.75) is 95.3 Å². The van der Waals surface area contributed by atoms with E-state index in [1.54, 1.807) is 5.06 Å². The molecule has 13 heteroatoms. The van der Waals surface area contributed by atoms with Crippen molar-refractivity contribution in [3.8, 4) is 0 Å². The summed E-state index contributed by atoms with van der Waals surface area (Å²) in [5, 5.41) is 11.6. The number of rotatable bonds is 7. The van der Waals surface area contributed by atoms with Gasteiger partial charge in [-0.25, -0.2) is 9.78 Å². The molecule has 0 radical (unpaired) electrons. The van der Waals surface area contributed by atoms with Crippen molar-refractivity contribution in [3.05, 3.63) is 6.33 Å². The van der Waals surface area contributed by atoms with Crippen LogP contribution in [0.3, 0.4) is 0 Å². The Morgan fingerprint density at radius 3 is 2.35 bits per heavy atom. The molecule has 3 aliphatic rings. The van der Waals surface area contributed by atoms with Crippen LogP contribution in [0.1, 0.15) is 77.2 Å². The lowest BCUT2D eigenvalue weighted by Gasteiger charge is -2.31. The molecule has 37 heavy (non-hydrogen) atoms. The van der Waals surface area contributed by atoms with Gasteiger partial charge in [-0.2, -0.15) is 9.97 Å². The standard InChI is InChI=1S/C24H39N9O2.2ClH/c1-2-26-24(34)35-32-13-11-18(12-14-32)28-21-20-22(33(15-27-20)19-5-3-4-6-19)31-23(30-21)29-17-9-7-16(25)8-10-17;;/h15-19H,2-14,25H2,1H3,(H,26,34)(H2,28,29,30,31);2*1H/t16-,17-;;. The van der Waals surface area contributed by atoms with Crippen molar-refractivity contribution >= 4 is 53.8 Å². The first-order valence-corrected chi connectivity index (χ1v) is 13.3. The Bertz CT molecular complexity index is 1000. The maximum absolute atomic E-state index is 11.7. The van der Waals surface area contributed by atoms with Gasteiger partial charge in [0.05, 0.1) is 6.33 Å². The first kappa shape index (κ1) is 29.5. The number of fused-ring (bicyclic) bond motifs is 1. The van der Waals surface area contributed by atoms with E-state index in [4.69, 9.17) is 25.5 Å². The Morgan fingerprint density at radius 2 is 1.68 bits per heavy atom. The second-order valence-electron chi connectivity index (χ2n) is 10.2. The van der Waals surface area contributed by atoms with Crippen LogP contribution in [0, 0.1) is 0 Å². The fourth-order valence-electron chi connectivity index (χ4n) is 5.56. The van der Waals surface area contributed by atoms with Crippen LogP contribution in [0.25, 0.3) is 11.2 Å². The SMILES string of the molecule is CCNC(=O)ON1CCC(Nc2nc(N[C@H]3CC[C@H](N)CC3)nc3c2ncn3C2CCCC2)CC1.Cl.Cl. The van der Waals surface area contributed by atoms with E-state index < -0.39 is 6.09 Å². The highest BCUT2D eigenvalue weighted by molar-refractivity contribution is 5.86. The first-order valence-electron chi connectivity index (χ1n) is 13.3. The molecule has 5 rings (SSSR count). The lowest BCUT2D eigenvalue weighted by Crippen LogP contribution is -2.42. The van der Waals surface area contributed by atoms with E-state index in [0.29, 0.717) is 43.7 Å². The first-order chi connectivity index (χ1) is 17.1. The van der Waals surface area contributed by atoms with Crippen molar-refractivity contribution in [2.75, 3.05) is 30.3 Å². The number of nitrogens with zero attached hydrogens (tertiary/aromatic N) is 5. The van der Waals surface area contributed by atoms with Gasteiger partial charge in [-0.1, -0.05) is 12.8 Å². The molecule has 11 nitrogen and oxygen atoms in total. The molecule has 1 saturated heterocycles. The van der Waals surface area contributed by atoms with Gasteiger partial charge in [0.1, 0.15) is 0 Å². The second-order valence-corrected chi connectivity index (χ2v) is 10.2. The van der Waals surface area contributed by atoms with E-state index in [2.05, 4.69) is 20.5 Å². The fraction of sp³-hybridized carbons (Fsp3) is 0.750. The third-order valence-electron chi connectivity index (χ3n) is 7.57. The van der Waals surface area contributed by atoms with Crippen LogP contribution < -0.4 is 21.7 Å². The van der Waals surface area contributed by atoms with Gasteiger partial charge in [0.25, 0.3) is 0 Å². The lowest BCUT2D eigenvalue weighted by atomic mass is 9.92. The summed E-state index contributed by atoms with van der Waals surface area (Å²) in [6, 6.07) is 1.33. The van der Waals surface area contributed by atoms with Gasteiger partial charge in [-0.3, -0.25) is 0 Å². The molecule has 2 saturated carbocycles. The molecule has 208 valence electrons. The smallest absolute Gasteiger partial charge is 0.365 e. The van der Waals surface area contributed by atoms with Gasteiger partial charge < -0.3 is 31.1 Å². The summed E-state index contributed by atoms with van der Waals surface area (Å²) in [5.41, 5.74) is 7.84. The van der Waals surface area contributed by atoms with Gasteiger partial charge in [0.2, 0.25) is 5.95 Å². The number of carbonyl (C=O) groups excluding carboxylic acids is 1. The van der Waals surface area contributed by atoms with Gasteiger partial charge in [-0.05, 0) is 58.3 Å². The normalized spacial score (nSPS) is 23.2. The molecular formula is C24H41Cl2N9O2. The molecule has 1 amide bonds. The largest absolute Gasteiger partial charge is 0.426 e. The van der Waals surface area contributed by atoms with Gasteiger partial charge in [0.15, 0.2) is 17.0 Å². The molecule has 0 spiro atoms. The molecule has 0 atom stereocenters. The number of hydrogen-bond donors (Lipinski definition) is 4. The summed E-state index contributed by atoms with van der Waals surface area (Å²) in [7, 11) is 0. The zero-order valence-electron chi connectivity index (χ0n) is 21.5. The Morgan fingerprint density at radius 1 is 1.00 bits per heavy atom. The van der Waals surface area contributed by atoms with E-state index in [9.17, 15) is 4.79 Å². The van der Waals surface area contributed by atoms with E-state index in [1.165, 1.54) is 25.7 Å². The van der Waals surface area contributed by atoms with Crippen LogP contribution in [-0.4, -0.2) is 68.4 Å². The minimum absolute atomic E-state index is 0. The van der Waals surface area contributed by atoms with Crippen LogP contribution in [0.2, 0.25) is 0 Å². The maximum Gasteiger partial charge on any atom is 0.426 e. The number of nitrogens with one attached hydrogen (secondary N) is 3. The van der Waals surface area contributed by atoms with E-state index in [-0.39, 0.29) is 30.9 Å². The zero-order chi connectivity index (χ0) is 24.2. The predicted molar refractivity (Wildman–Crippen MR) is 150 cm³/mol. The molecule has 0 unspecified atom stereocenters. The molecule has 5 N–H and O–H groups in total. The summed E-state index contributed by atoms with van der Waals surface area (Å²) in [5.74, 6) is 1.45. The number of aromatic nitrogens is 4. The molecule has 2 aromatic heterocycles. The number of carbonyl (C=O) groups is 1. The monoisotopic (exact) mass is 557 g/mol. The number of nitrogens with two attached hydrogens (primary N) is 1. The molecule has 2 aromatic rings. The highest BCUT2D eigenvalue weighted by atomic mass is 35.5. The average molecular weight is 559 g/mol. The lowest BCUT2D eigenvalue weighted by molar-refractivity contribution is -0.112. The minimum atomic E-state index is -0.395. The highest BCUT2D eigenvalue weighted by Gasteiger charge is 2.26. The van der Waals surface area contributed by atoms with Crippen LogP contribution in [-0.2, 0) is 4.84 Å². The van der Waals surface area contributed by atoms with Crippen LogP contribution in [0.15, 0.2) is 6.33 Å². The molecule has 3 heterocycles. The number of halogens is 2. The summed E-state index contributed by atoms with van der Waals surface area (Å²) in [4.78, 5) is 31.7. The predicted octanol–water partition coefficient (Wildman–Crippen LogP) is 4.00.